The summed E-state index contributed by atoms with van der Waals surface area (Å²) in [5.41, 5.74) is 0.000229. The maximum atomic E-state index is 13.6. The second-order valence-electron chi connectivity index (χ2n) is 5.34. The van der Waals surface area contributed by atoms with Gasteiger partial charge in [0, 0.05) is 6.54 Å². The van der Waals surface area contributed by atoms with E-state index in [1.165, 1.54) is 18.2 Å². The van der Waals surface area contributed by atoms with Crippen molar-refractivity contribution in [3.05, 3.63) is 34.6 Å². The summed E-state index contributed by atoms with van der Waals surface area (Å²) in [5, 5.41) is 6.23. The SMILES string of the molecule is CC1(CNC(=O)c2c(F)cccc2Cl)CCNCC1. The summed E-state index contributed by atoms with van der Waals surface area (Å²) >= 11 is 5.87. The summed E-state index contributed by atoms with van der Waals surface area (Å²) in [6, 6.07) is 4.25. The second-order valence-corrected chi connectivity index (χ2v) is 5.75. The maximum absolute atomic E-state index is 13.6. The van der Waals surface area contributed by atoms with E-state index in [9.17, 15) is 9.18 Å². The first-order valence-electron chi connectivity index (χ1n) is 6.45. The molecule has 1 aliphatic heterocycles. The Morgan fingerprint density at radius 3 is 2.79 bits per heavy atom. The maximum Gasteiger partial charge on any atom is 0.255 e. The van der Waals surface area contributed by atoms with Crippen molar-refractivity contribution in [1.29, 1.82) is 0 Å². The molecule has 1 amide bonds. The summed E-state index contributed by atoms with van der Waals surface area (Å²) in [5.74, 6) is -1.02. The Balaban J connectivity index is 2.01. The lowest BCUT2D eigenvalue weighted by atomic mass is 9.81. The summed E-state index contributed by atoms with van der Waals surface area (Å²) in [4.78, 5) is 12.0. The van der Waals surface area contributed by atoms with E-state index in [0.717, 1.165) is 25.9 Å². The minimum Gasteiger partial charge on any atom is -0.351 e. The number of benzene rings is 1. The number of amides is 1. The lowest BCUT2D eigenvalue weighted by molar-refractivity contribution is 0.0918. The predicted molar refractivity (Wildman–Crippen MR) is 74.0 cm³/mol. The first kappa shape index (κ1) is 14.3. The number of halogens is 2. The molecule has 3 nitrogen and oxygen atoms in total. The van der Waals surface area contributed by atoms with Gasteiger partial charge in [0.1, 0.15) is 5.82 Å². The highest BCUT2D eigenvalue weighted by Gasteiger charge is 2.27. The van der Waals surface area contributed by atoms with Crippen LogP contribution in [0.3, 0.4) is 0 Å². The molecule has 0 unspecified atom stereocenters. The van der Waals surface area contributed by atoms with E-state index in [1.807, 2.05) is 0 Å². The highest BCUT2D eigenvalue weighted by atomic mass is 35.5. The summed E-state index contributed by atoms with van der Waals surface area (Å²) in [7, 11) is 0. The molecule has 1 aromatic rings. The zero-order valence-electron chi connectivity index (χ0n) is 10.9. The number of rotatable bonds is 3. The zero-order valence-corrected chi connectivity index (χ0v) is 11.7. The van der Waals surface area contributed by atoms with Gasteiger partial charge in [0.05, 0.1) is 10.6 Å². The van der Waals surface area contributed by atoms with Crippen LogP contribution in [0.5, 0.6) is 0 Å². The van der Waals surface area contributed by atoms with Gasteiger partial charge in [0.2, 0.25) is 0 Å². The van der Waals surface area contributed by atoms with Crippen LogP contribution in [-0.4, -0.2) is 25.5 Å². The fourth-order valence-corrected chi connectivity index (χ4v) is 2.55. The topological polar surface area (TPSA) is 41.1 Å². The van der Waals surface area contributed by atoms with Gasteiger partial charge >= 0.3 is 0 Å². The third-order valence-corrected chi connectivity index (χ3v) is 3.99. The summed E-state index contributed by atoms with van der Waals surface area (Å²) in [6.07, 6.45) is 2.00. The normalized spacial score (nSPS) is 18.1. The molecule has 1 aromatic carbocycles. The Morgan fingerprint density at radius 2 is 2.16 bits per heavy atom. The average molecular weight is 285 g/mol. The largest absolute Gasteiger partial charge is 0.351 e. The molecule has 0 aliphatic carbocycles. The molecule has 104 valence electrons. The fourth-order valence-electron chi connectivity index (χ4n) is 2.30. The van der Waals surface area contributed by atoms with Gasteiger partial charge in [-0.1, -0.05) is 24.6 Å². The second kappa shape index (κ2) is 5.88. The van der Waals surface area contributed by atoms with E-state index in [4.69, 9.17) is 11.6 Å². The van der Waals surface area contributed by atoms with E-state index in [2.05, 4.69) is 17.6 Å². The Hall–Kier alpha value is -1.13. The third kappa shape index (κ3) is 3.45. The van der Waals surface area contributed by atoms with E-state index in [0.29, 0.717) is 6.54 Å². The van der Waals surface area contributed by atoms with Crippen LogP contribution in [-0.2, 0) is 0 Å². The van der Waals surface area contributed by atoms with Crippen molar-refractivity contribution in [2.75, 3.05) is 19.6 Å². The van der Waals surface area contributed by atoms with Crippen LogP contribution in [0.2, 0.25) is 5.02 Å². The molecule has 2 N–H and O–H groups in total. The number of carbonyl (C=O) groups excluding carboxylic acids is 1. The lowest BCUT2D eigenvalue weighted by Gasteiger charge is -2.34. The molecule has 0 spiro atoms. The number of carbonyl (C=O) groups is 1. The number of hydrogen-bond acceptors (Lipinski definition) is 2. The quantitative estimate of drug-likeness (QED) is 0.896. The minimum atomic E-state index is -0.583. The van der Waals surface area contributed by atoms with Crippen molar-refractivity contribution >= 4 is 17.5 Å². The molecular formula is C14H18ClFN2O. The van der Waals surface area contributed by atoms with E-state index in [-0.39, 0.29) is 16.0 Å². The molecule has 0 radical (unpaired) electrons. The Morgan fingerprint density at radius 1 is 1.47 bits per heavy atom. The molecule has 1 fully saturated rings. The van der Waals surface area contributed by atoms with Crippen LogP contribution in [0.4, 0.5) is 4.39 Å². The van der Waals surface area contributed by atoms with Gasteiger partial charge in [-0.05, 0) is 43.5 Å². The van der Waals surface area contributed by atoms with E-state index >= 15 is 0 Å². The molecule has 5 heteroatoms. The van der Waals surface area contributed by atoms with Crippen LogP contribution in [0, 0.1) is 11.2 Å². The highest BCUT2D eigenvalue weighted by Crippen LogP contribution is 2.27. The molecule has 1 heterocycles. The molecular weight excluding hydrogens is 267 g/mol. The third-order valence-electron chi connectivity index (χ3n) is 3.68. The number of hydrogen-bond donors (Lipinski definition) is 2. The van der Waals surface area contributed by atoms with Crippen molar-refractivity contribution in [3.8, 4) is 0 Å². The number of nitrogens with one attached hydrogen (secondary N) is 2. The van der Waals surface area contributed by atoms with Gasteiger partial charge in [-0.15, -0.1) is 0 Å². The van der Waals surface area contributed by atoms with Crippen LogP contribution >= 0.6 is 11.6 Å². The van der Waals surface area contributed by atoms with Gasteiger partial charge < -0.3 is 10.6 Å². The van der Waals surface area contributed by atoms with Crippen molar-refractivity contribution < 1.29 is 9.18 Å². The van der Waals surface area contributed by atoms with Crippen molar-refractivity contribution in [2.24, 2.45) is 5.41 Å². The predicted octanol–water partition coefficient (Wildman–Crippen LogP) is 2.60. The van der Waals surface area contributed by atoms with Crippen molar-refractivity contribution in [2.45, 2.75) is 19.8 Å². The standard InChI is InChI=1S/C14H18ClFN2O/c1-14(5-7-17-8-6-14)9-18-13(19)12-10(15)3-2-4-11(12)16/h2-4,17H,5-9H2,1H3,(H,18,19). The fraction of sp³-hybridized carbons (Fsp3) is 0.500. The molecule has 19 heavy (non-hydrogen) atoms. The van der Waals surface area contributed by atoms with Gasteiger partial charge in [-0.3, -0.25) is 4.79 Å². The van der Waals surface area contributed by atoms with E-state index < -0.39 is 11.7 Å². The van der Waals surface area contributed by atoms with Gasteiger partial charge in [-0.25, -0.2) is 4.39 Å². The molecule has 0 atom stereocenters. The van der Waals surface area contributed by atoms with Crippen LogP contribution in [0.25, 0.3) is 0 Å². The first-order chi connectivity index (χ1) is 9.02. The monoisotopic (exact) mass is 284 g/mol. The summed E-state index contributed by atoms with van der Waals surface area (Å²) < 4.78 is 13.6. The van der Waals surface area contributed by atoms with Crippen LogP contribution < -0.4 is 10.6 Å². The van der Waals surface area contributed by atoms with Crippen LogP contribution in [0.1, 0.15) is 30.1 Å². The molecule has 0 saturated carbocycles. The van der Waals surface area contributed by atoms with Gasteiger partial charge in [0.25, 0.3) is 5.91 Å². The zero-order chi connectivity index (χ0) is 13.9. The molecule has 1 aliphatic rings. The average Bonchev–Trinajstić information content (AvgIpc) is 2.37. The first-order valence-corrected chi connectivity index (χ1v) is 6.83. The van der Waals surface area contributed by atoms with E-state index in [1.54, 1.807) is 0 Å². The molecule has 1 saturated heterocycles. The Labute approximate surface area is 117 Å². The van der Waals surface area contributed by atoms with Crippen molar-refractivity contribution in [1.82, 2.24) is 10.6 Å². The van der Waals surface area contributed by atoms with Gasteiger partial charge in [-0.2, -0.15) is 0 Å². The summed E-state index contributed by atoms with van der Waals surface area (Å²) in [6.45, 7) is 4.58. The van der Waals surface area contributed by atoms with Crippen molar-refractivity contribution in [3.63, 3.8) is 0 Å². The minimum absolute atomic E-state index is 0.0679. The molecule has 2 rings (SSSR count). The lowest BCUT2D eigenvalue weighted by Crippen LogP contribution is -2.43. The Bertz CT molecular complexity index is 452. The Kier molecular flexibility index (Phi) is 4.42. The van der Waals surface area contributed by atoms with Crippen LogP contribution in [0.15, 0.2) is 18.2 Å². The number of piperidine rings is 1. The highest BCUT2D eigenvalue weighted by molar-refractivity contribution is 6.33. The smallest absolute Gasteiger partial charge is 0.255 e. The molecule has 0 bridgehead atoms. The molecule has 0 aromatic heterocycles. The van der Waals surface area contributed by atoms with Gasteiger partial charge in [0.15, 0.2) is 0 Å².